The van der Waals surface area contributed by atoms with Crippen molar-refractivity contribution in [2.24, 2.45) is 0 Å². The van der Waals surface area contributed by atoms with Gasteiger partial charge in [0.2, 0.25) is 11.8 Å². The first kappa shape index (κ1) is 28.6. The lowest BCUT2D eigenvalue weighted by molar-refractivity contribution is -0.384. The van der Waals surface area contributed by atoms with E-state index in [9.17, 15) is 28.9 Å². The maximum atomic E-state index is 13.2. The summed E-state index contributed by atoms with van der Waals surface area (Å²) in [7, 11) is 0. The lowest BCUT2D eigenvalue weighted by atomic mass is 10.1. The number of non-ortho nitro benzene ring substituents is 1. The van der Waals surface area contributed by atoms with E-state index in [-0.39, 0.29) is 42.1 Å². The second kappa shape index (κ2) is 12.6. The number of anilines is 2. The number of piperazine rings is 1. The molecular formula is C27H29FN6O5S. The maximum absolute atomic E-state index is 13.2. The molecule has 13 heteroatoms. The van der Waals surface area contributed by atoms with Gasteiger partial charge in [-0.15, -0.1) is 11.3 Å². The average Bonchev–Trinajstić information content (AvgIpc) is 3.38. The van der Waals surface area contributed by atoms with Gasteiger partial charge in [-0.2, -0.15) is 0 Å². The van der Waals surface area contributed by atoms with Gasteiger partial charge in [-0.1, -0.05) is 0 Å². The van der Waals surface area contributed by atoms with E-state index in [2.05, 4.69) is 15.2 Å². The molecule has 3 amide bonds. The van der Waals surface area contributed by atoms with Crippen molar-refractivity contribution in [2.45, 2.75) is 26.3 Å². The Hall–Kier alpha value is -4.39. The molecule has 0 atom stereocenters. The standard InChI is InChI=1S/C27H29FN6O5S/c1-18(2)33(26(37)19-3-5-20(28)6-4-19)16-24(35)30-27-29-21(17-40-27)15-25(36)32-13-11-31(12-14-32)22-7-9-23(10-8-22)34(38)39/h3-10,17-18H,11-16H2,1-2H3,(H,29,30,35). The molecule has 2 heterocycles. The van der Waals surface area contributed by atoms with Crippen LogP contribution in [0.4, 0.5) is 20.9 Å². The molecule has 3 aromatic rings. The van der Waals surface area contributed by atoms with Gasteiger partial charge in [-0.25, -0.2) is 9.37 Å². The summed E-state index contributed by atoms with van der Waals surface area (Å²) >= 11 is 1.19. The van der Waals surface area contributed by atoms with Gasteiger partial charge in [0.05, 0.1) is 17.0 Å². The third kappa shape index (κ3) is 7.17. The van der Waals surface area contributed by atoms with Crippen LogP contribution in [0.3, 0.4) is 0 Å². The maximum Gasteiger partial charge on any atom is 0.269 e. The Morgan fingerprint density at radius 2 is 1.73 bits per heavy atom. The van der Waals surface area contributed by atoms with E-state index < -0.39 is 16.6 Å². The molecule has 0 radical (unpaired) electrons. The molecule has 1 N–H and O–H groups in total. The number of thiazole rings is 1. The molecule has 4 rings (SSSR count). The summed E-state index contributed by atoms with van der Waals surface area (Å²) in [5, 5.41) is 15.6. The van der Waals surface area contributed by atoms with Gasteiger partial charge in [0.25, 0.3) is 11.6 Å². The number of hydrogen-bond donors (Lipinski definition) is 1. The van der Waals surface area contributed by atoms with Crippen molar-refractivity contribution in [2.75, 3.05) is 42.9 Å². The molecule has 1 aliphatic heterocycles. The van der Waals surface area contributed by atoms with Crippen molar-refractivity contribution >= 4 is 45.6 Å². The fourth-order valence-corrected chi connectivity index (χ4v) is 5.00. The van der Waals surface area contributed by atoms with Gasteiger partial charge in [0.1, 0.15) is 12.4 Å². The highest BCUT2D eigenvalue weighted by molar-refractivity contribution is 7.13. The molecule has 210 valence electrons. The summed E-state index contributed by atoms with van der Waals surface area (Å²) in [5.74, 6) is -1.35. The highest BCUT2D eigenvalue weighted by Gasteiger charge is 2.24. The number of rotatable bonds is 9. The van der Waals surface area contributed by atoms with Crippen LogP contribution in [0.25, 0.3) is 0 Å². The number of halogens is 1. The van der Waals surface area contributed by atoms with E-state index in [1.807, 2.05) is 0 Å². The van der Waals surface area contributed by atoms with Crippen LogP contribution in [-0.2, 0) is 16.0 Å². The van der Waals surface area contributed by atoms with Crippen LogP contribution >= 0.6 is 11.3 Å². The Balaban J connectivity index is 1.27. The van der Waals surface area contributed by atoms with Gasteiger partial charge in [-0.05, 0) is 50.2 Å². The molecular weight excluding hydrogens is 539 g/mol. The van der Waals surface area contributed by atoms with Gasteiger partial charge in [-0.3, -0.25) is 24.5 Å². The Morgan fingerprint density at radius 1 is 1.07 bits per heavy atom. The van der Waals surface area contributed by atoms with E-state index in [1.54, 1.807) is 36.3 Å². The van der Waals surface area contributed by atoms with Crippen LogP contribution in [-0.4, -0.2) is 76.2 Å². The van der Waals surface area contributed by atoms with E-state index in [4.69, 9.17) is 0 Å². The van der Waals surface area contributed by atoms with Crippen LogP contribution in [0.2, 0.25) is 0 Å². The summed E-state index contributed by atoms with van der Waals surface area (Å²) in [6, 6.07) is 11.2. The van der Waals surface area contributed by atoms with E-state index >= 15 is 0 Å². The number of carbonyl (C=O) groups excluding carboxylic acids is 3. The minimum absolute atomic E-state index is 0.0344. The number of amides is 3. The van der Waals surface area contributed by atoms with E-state index in [0.717, 1.165) is 5.69 Å². The normalized spacial score (nSPS) is 13.3. The fourth-order valence-electron chi connectivity index (χ4n) is 4.27. The Morgan fingerprint density at radius 3 is 2.33 bits per heavy atom. The Kier molecular flexibility index (Phi) is 9.04. The average molecular weight is 569 g/mol. The first-order valence-corrected chi connectivity index (χ1v) is 13.6. The third-order valence-electron chi connectivity index (χ3n) is 6.48. The van der Waals surface area contributed by atoms with Crippen LogP contribution in [0.5, 0.6) is 0 Å². The van der Waals surface area contributed by atoms with Crippen LogP contribution in [0.15, 0.2) is 53.9 Å². The number of carbonyl (C=O) groups is 3. The first-order valence-electron chi connectivity index (χ1n) is 12.7. The number of hydrogen-bond acceptors (Lipinski definition) is 8. The third-order valence-corrected chi connectivity index (χ3v) is 7.28. The molecule has 1 aliphatic rings. The highest BCUT2D eigenvalue weighted by Crippen LogP contribution is 2.22. The van der Waals surface area contributed by atoms with Crippen molar-refractivity contribution in [3.8, 4) is 0 Å². The number of benzene rings is 2. The van der Waals surface area contributed by atoms with Crippen molar-refractivity contribution in [1.82, 2.24) is 14.8 Å². The molecule has 0 spiro atoms. The molecule has 0 unspecified atom stereocenters. The summed E-state index contributed by atoms with van der Waals surface area (Å²) < 4.78 is 13.2. The molecule has 0 bridgehead atoms. The summed E-state index contributed by atoms with van der Waals surface area (Å²) in [6.45, 7) is 5.59. The van der Waals surface area contributed by atoms with Crippen LogP contribution < -0.4 is 10.2 Å². The predicted octanol–water partition coefficient (Wildman–Crippen LogP) is 3.57. The zero-order chi connectivity index (χ0) is 28.8. The number of nitro benzene ring substituents is 1. The highest BCUT2D eigenvalue weighted by atomic mass is 32.1. The summed E-state index contributed by atoms with van der Waals surface area (Å²) in [6.07, 6.45) is 0.0884. The van der Waals surface area contributed by atoms with Gasteiger partial charge in [0.15, 0.2) is 5.13 Å². The number of aromatic nitrogens is 1. The molecule has 1 fully saturated rings. The van der Waals surface area contributed by atoms with Gasteiger partial charge < -0.3 is 20.0 Å². The Labute approximate surface area is 234 Å². The smallest absolute Gasteiger partial charge is 0.269 e. The van der Waals surface area contributed by atoms with Crippen molar-refractivity contribution in [3.63, 3.8) is 0 Å². The Bertz CT molecular complexity index is 1370. The number of nitrogens with zero attached hydrogens (tertiary/aromatic N) is 5. The fraction of sp³-hybridized carbons (Fsp3) is 0.333. The number of nitrogens with one attached hydrogen (secondary N) is 1. The van der Waals surface area contributed by atoms with E-state index in [0.29, 0.717) is 37.0 Å². The molecule has 0 saturated carbocycles. The van der Waals surface area contributed by atoms with Crippen molar-refractivity contribution in [3.05, 3.63) is 81.1 Å². The first-order chi connectivity index (χ1) is 19.1. The van der Waals surface area contributed by atoms with Crippen LogP contribution in [0.1, 0.15) is 29.9 Å². The molecule has 2 aromatic carbocycles. The topological polar surface area (TPSA) is 129 Å². The summed E-state index contributed by atoms with van der Waals surface area (Å²) in [5.41, 5.74) is 1.72. The molecule has 11 nitrogen and oxygen atoms in total. The van der Waals surface area contributed by atoms with E-state index in [1.165, 1.54) is 52.6 Å². The minimum Gasteiger partial charge on any atom is -0.368 e. The monoisotopic (exact) mass is 568 g/mol. The lowest BCUT2D eigenvalue weighted by Gasteiger charge is -2.36. The second-order valence-electron chi connectivity index (χ2n) is 9.54. The predicted molar refractivity (Wildman–Crippen MR) is 149 cm³/mol. The van der Waals surface area contributed by atoms with Crippen molar-refractivity contribution in [1.29, 1.82) is 0 Å². The lowest BCUT2D eigenvalue weighted by Crippen LogP contribution is -2.49. The van der Waals surface area contributed by atoms with Crippen molar-refractivity contribution < 1.29 is 23.7 Å². The molecule has 40 heavy (non-hydrogen) atoms. The summed E-state index contributed by atoms with van der Waals surface area (Å²) in [4.78, 5) is 58.4. The zero-order valence-electron chi connectivity index (χ0n) is 22.1. The van der Waals surface area contributed by atoms with Crippen LogP contribution in [0, 0.1) is 15.9 Å². The number of nitro groups is 1. The molecule has 1 aromatic heterocycles. The molecule has 1 saturated heterocycles. The SMILES string of the molecule is CC(C)N(CC(=O)Nc1nc(CC(=O)N2CCN(c3ccc([N+](=O)[O-])cc3)CC2)cs1)C(=O)c1ccc(F)cc1. The van der Waals surface area contributed by atoms with Gasteiger partial charge >= 0.3 is 0 Å². The molecule has 0 aliphatic carbocycles. The zero-order valence-corrected chi connectivity index (χ0v) is 22.9. The minimum atomic E-state index is -0.451. The quantitative estimate of drug-likeness (QED) is 0.309. The largest absolute Gasteiger partial charge is 0.368 e. The van der Waals surface area contributed by atoms with Gasteiger partial charge in [0, 0.05) is 61.0 Å². The second-order valence-corrected chi connectivity index (χ2v) is 10.4.